The van der Waals surface area contributed by atoms with Crippen LogP contribution in [-0.2, 0) is 5.41 Å². The van der Waals surface area contributed by atoms with Gasteiger partial charge in [-0.05, 0) is 60.2 Å². The lowest BCUT2D eigenvalue weighted by atomic mass is 9.87. The summed E-state index contributed by atoms with van der Waals surface area (Å²) in [7, 11) is 0. The van der Waals surface area contributed by atoms with Crippen LogP contribution in [0.2, 0.25) is 0 Å². The Hall–Kier alpha value is -1.42. The summed E-state index contributed by atoms with van der Waals surface area (Å²) in [6.07, 6.45) is -0.889. The van der Waals surface area contributed by atoms with E-state index in [1.807, 2.05) is 44.2 Å². The van der Waals surface area contributed by atoms with E-state index in [2.05, 4.69) is 31.4 Å². The Morgan fingerprint density at radius 3 is 2.00 bits per heavy atom. The molecule has 0 radical (unpaired) electrons. The van der Waals surface area contributed by atoms with E-state index in [1.165, 1.54) is 0 Å². The molecular weight excluding hydrogens is 403 g/mol. The Morgan fingerprint density at radius 1 is 0.926 bits per heavy atom. The van der Waals surface area contributed by atoms with E-state index in [-0.39, 0.29) is 11.3 Å². The highest BCUT2D eigenvalue weighted by atomic mass is 35.6. The maximum atomic E-state index is 12.6. The fourth-order valence-corrected chi connectivity index (χ4v) is 2.86. The van der Waals surface area contributed by atoms with Crippen LogP contribution in [0.15, 0.2) is 42.5 Å². The minimum Gasteiger partial charge on any atom is -0.362 e. The molecule has 6 heteroatoms. The molecule has 0 saturated carbocycles. The zero-order chi connectivity index (χ0) is 20.4. The van der Waals surface area contributed by atoms with Crippen molar-refractivity contribution in [3.8, 4) is 0 Å². The van der Waals surface area contributed by atoms with Crippen LogP contribution in [0.4, 0.5) is 5.69 Å². The third-order valence-electron chi connectivity index (χ3n) is 4.43. The number of hydrogen-bond donors (Lipinski definition) is 2. The van der Waals surface area contributed by atoms with Gasteiger partial charge in [-0.2, -0.15) is 0 Å². The van der Waals surface area contributed by atoms with E-state index in [1.54, 1.807) is 12.1 Å². The van der Waals surface area contributed by atoms with Crippen LogP contribution in [-0.4, -0.2) is 15.9 Å². The van der Waals surface area contributed by atoms with Crippen LogP contribution in [0, 0.1) is 13.8 Å². The van der Waals surface area contributed by atoms with Gasteiger partial charge in [-0.25, -0.2) is 0 Å². The molecule has 0 fully saturated rings. The first-order chi connectivity index (χ1) is 12.4. The minimum atomic E-state index is -1.72. The third kappa shape index (κ3) is 6.03. The van der Waals surface area contributed by atoms with Crippen molar-refractivity contribution in [2.45, 2.75) is 50.0 Å². The fourth-order valence-electron chi connectivity index (χ4n) is 2.53. The molecule has 1 atom stereocenters. The lowest BCUT2D eigenvalue weighted by Gasteiger charge is -2.28. The predicted octanol–water partition coefficient (Wildman–Crippen LogP) is 6.14. The smallest absolute Gasteiger partial charge is 0.252 e. The summed E-state index contributed by atoms with van der Waals surface area (Å²) in [4.78, 5) is 12.6. The number of halogens is 3. The van der Waals surface area contributed by atoms with E-state index in [0.717, 1.165) is 22.4 Å². The topological polar surface area (TPSA) is 41.1 Å². The molecule has 0 bridgehead atoms. The molecule has 0 aliphatic heterocycles. The number of aryl methyl sites for hydroxylation is 2. The molecule has 1 amide bonds. The Labute approximate surface area is 176 Å². The minimum absolute atomic E-state index is 0.0139. The molecule has 0 spiro atoms. The fraction of sp³-hybridized carbons (Fsp3) is 0.381. The second-order valence-corrected chi connectivity index (χ2v) is 10.1. The Kier molecular flexibility index (Phi) is 6.72. The molecule has 2 rings (SSSR count). The molecule has 0 heterocycles. The molecule has 0 aromatic heterocycles. The summed E-state index contributed by atoms with van der Waals surface area (Å²) < 4.78 is -1.72. The van der Waals surface area contributed by atoms with Crippen molar-refractivity contribution in [2.24, 2.45) is 0 Å². The van der Waals surface area contributed by atoms with Gasteiger partial charge in [0.1, 0.15) is 6.17 Å². The second kappa shape index (κ2) is 8.30. The van der Waals surface area contributed by atoms with Crippen LogP contribution in [0.5, 0.6) is 0 Å². The number of hydrogen-bond acceptors (Lipinski definition) is 2. The summed E-state index contributed by atoms with van der Waals surface area (Å²) in [5.41, 5.74) is 4.69. The lowest BCUT2D eigenvalue weighted by molar-refractivity contribution is 0.0942. The van der Waals surface area contributed by atoms with Gasteiger partial charge < -0.3 is 10.6 Å². The Bertz CT molecular complexity index is 806. The SMILES string of the molecule is Cc1ccc(N[C@@H](NC(=O)c2ccc(C(C)(C)C)cc2)C(Cl)(Cl)Cl)cc1C. The standard InChI is InChI=1S/C21H25Cl3N2O/c1-13-6-11-17(12-14(13)2)25-19(21(22,23)24)26-18(27)15-7-9-16(10-8-15)20(3,4)5/h6-12,19,25H,1-5H3,(H,26,27)/t19-/m0/s1. The van der Waals surface area contributed by atoms with E-state index in [0.29, 0.717) is 5.56 Å². The van der Waals surface area contributed by atoms with Crippen LogP contribution in [0.3, 0.4) is 0 Å². The van der Waals surface area contributed by atoms with Crippen molar-refractivity contribution in [1.82, 2.24) is 5.32 Å². The van der Waals surface area contributed by atoms with Gasteiger partial charge in [-0.1, -0.05) is 73.8 Å². The largest absolute Gasteiger partial charge is 0.362 e. The molecule has 0 saturated heterocycles. The van der Waals surface area contributed by atoms with Crippen molar-refractivity contribution in [3.05, 3.63) is 64.7 Å². The number of carbonyl (C=O) groups is 1. The summed E-state index contributed by atoms with van der Waals surface area (Å²) in [5, 5.41) is 5.86. The van der Waals surface area contributed by atoms with Gasteiger partial charge in [0.2, 0.25) is 3.79 Å². The normalized spacial score (nSPS) is 13.2. The van der Waals surface area contributed by atoms with Crippen molar-refractivity contribution in [1.29, 1.82) is 0 Å². The van der Waals surface area contributed by atoms with Crippen molar-refractivity contribution in [2.75, 3.05) is 5.32 Å². The molecule has 2 aromatic carbocycles. The van der Waals surface area contributed by atoms with E-state index in [9.17, 15) is 4.79 Å². The van der Waals surface area contributed by atoms with Gasteiger partial charge in [0.15, 0.2) is 0 Å². The van der Waals surface area contributed by atoms with E-state index >= 15 is 0 Å². The van der Waals surface area contributed by atoms with Gasteiger partial charge in [0, 0.05) is 11.3 Å². The summed E-state index contributed by atoms with van der Waals surface area (Å²) in [6, 6.07) is 13.2. The van der Waals surface area contributed by atoms with Crippen molar-refractivity contribution < 1.29 is 4.79 Å². The van der Waals surface area contributed by atoms with Crippen molar-refractivity contribution in [3.63, 3.8) is 0 Å². The molecule has 2 N–H and O–H groups in total. The zero-order valence-corrected chi connectivity index (χ0v) is 18.4. The van der Waals surface area contributed by atoms with Crippen LogP contribution in [0.1, 0.15) is 47.8 Å². The average molecular weight is 428 g/mol. The van der Waals surface area contributed by atoms with Crippen molar-refractivity contribution >= 4 is 46.4 Å². The number of nitrogens with one attached hydrogen (secondary N) is 2. The van der Waals surface area contributed by atoms with Crippen LogP contribution >= 0.6 is 34.8 Å². The van der Waals surface area contributed by atoms with Gasteiger partial charge in [-0.3, -0.25) is 4.79 Å². The molecule has 0 aliphatic carbocycles. The maximum absolute atomic E-state index is 12.6. The molecule has 0 aliphatic rings. The predicted molar refractivity (Wildman–Crippen MR) is 116 cm³/mol. The Balaban J connectivity index is 2.18. The number of carbonyl (C=O) groups excluding carboxylic acids is 1. The van der Waals surface area contributed by atoms with Gasteiger partial charge in [0.25, 0.3) is 5.91 Å². The average Bonchev–Trinajstić information content (AvgIpc) is 2.56. The van der Waals surface area contributed by atoms with Crippen LogP contribution in [0.25, 0.3) is 0 Å². The first kappa shape index (κ1) is 21.9. The Morgan fingerprint density at radius 2 is 1.52 bits per heavy atom. The first-order valence-corrected chi connectivity index (χ1v) is 9.83. The molecular formula is C21H25Cl3N2O. The van der Waals surface area contributed by atoms with E-state index < -0.39 is 9.96 Å². The number of rotatable bonds is 4. The van der Waals surface area contributed by atoms with E-state index in [4.69, 9.17) is 34.8 Å². The zero-order valence-electron chi connectivity index (χ0n) is 16.2. The number of amides is 1. The quantitative estimate of drug-likeness (QED) is 0.454. The molecule has 2 aromatic rings. The lowest BCUT2D eigenvalue weighted by Crippen LogP contribution is -2.49. The van der Waals surface area contributed by atoms with Gasteiger partial charge >= 0.3 is 0 Å². The van der Waals surface area contributed by atoms with Crippen LogP contribution < -0.4 is 10.6 Å². The molecule has 146 valence electrons. The highest BCUT2D eigenvalue weighted by molar-refractivity contribution is 6.68. The third-order valence-corrected chi connectivity index (χ3v) is 5.09. The number of anilines is 1. The molecule has 3 nitrogen and oxygen atoms in total. The summed E-state index contributed by atoms with van der Waals surface area (Å²) in [5.74, 6) is -0.317. The molecule has 0 unspecified atom stereocenters. The first-order valence-electron chi connectivity index (χ1n) is 8.70. The monoisotopic (exact) mass is 426 g/mol. The maximum Gasteiger partial charge on any atom is 0.252 e. The summed E-state index contributed by atoms with van der Waals surface area (Å²) in [6.45, 7) is 10.4. The second-order valence-electron chi connectivity index (χ2n) is 7.72. The highest BCUT2D eigenvalue weighted by Gasteiger charge is 2.34. The summed E-state index contributed by atoms with van der Waals surface area (Å²) >= 11 is 18.3. The van der Waals surface area contributed by atoms with Gasteiger partial charge in [-0.15, -0.1) is 0 Å². The molecule has 27 heavy (non-hydrogen) atoms. The van der Waals surface area contributed by atoms with Gasteiger partial charge in [0.05, 0.1) is 0 Å². The number of alkyl halides is 3. The highest BCUT2D eigenvalue weighted by Crippen LogP contribution is 2.31. The number of benzene rings is 2.